The molecule has 0 spiro atoms. The molecule has 462 valence electrons. The second-order valence-electron chi connectivity index (χ2n) is 28.6. The Bertz CT molecular complexity index is 6620. The van der Waals surface area contributed by atoms with Crippen LogP contribution >= 0.6 is 0 Å². The first-order valence-corrected chi connectivity index (χ1v) is 32.6. The number of benzene rings is 13. The molecule has 3 aromatic heterocycles. The third kappa shape index (κ3) is 8.98. The van der Waals surface area contributed by atoms with E-state index in [2.05, 4.69) is 163 Å². The van der Waals surface area contributed by atoms with Crippen molar-refractivity contribution in [1.29, 1.82) is 0 Å². The quantitative estimate of drug-likeness (QED) is 0.149. The van der Waals surface area contributed by atoms with Gasteiger partial charge < -0.3 is 23.4 Å². The van der Waals surface area contributed by atoms with Crippen molar-refractivity contribution in [3.05, 3.63) is 295 Å². The van der Waals surface area contributed by atoms with Crippen LogP contribution in [0, 0.1) is 0 Å². The molecule has 0 N–H and O–H groups in total. The molecule has 0 saturated carbocycles. The van der Waals surface area contributed by atoms with Crippen LogP contribution < -0.4 is 26.2 Å². The van der Waals surface area contributed by atoms with Gasteiger partial charge in [0.2, 0.25) is 0 Å². The van der Waals surface area contributed by atoms with Crippen molar-refractivity contribution in [2.45, 2.75) is 78.6 Å². The van der Waals surface area contributed by atoms with Gasteiger partial charge in [-0.2, -0.15) is 0 Å². The Hall–Kier alpha value is -11.1. The Kier molecular flexibility index (Phi) is 9.51. The van der Waals surface area contributed by atoms with E-state index < -0.39 is 109 Å². The van der Waals surface area contributed by atoms with Crippen LogP contribution in [-0.4, -0.2) is 15.8 Å². The number of anilines is 6. The fourth-order valence-electron chi connectivity index (χ4n) is 14.7. The molecule has 2 aliphatic heterocycles. The summed E-state index contributed by atoms with van der Waals surface area (Å²) < 4.78 is 159. The van der Waals surface area contributed by atoms with Crippen LogP contribution in [0.3, 0.4) is 0 Å². The molecule has 96 heavy (non-hydrogen) atoms. The van der Waals surface area contributed by atoms with E-state index in [0.29, 0.717) is 33.4 Å². The highest BCUT2D eigenvalue weighted by Gasteiger charge is 2.45. The summed E-state index contributed by atoms with van der Waals surface area (Å²) >= 11 is 0. The Morgan fingerprint density at radius 2 is 0.740 bits per heavy atom. The molecular weight excluding hydrogens is 1160 g/mol. The summed E-state index contributed by atoms with van der Waals surface area (Å²) in [6.45, 7) is 19.3. The fourth-order valence-corrected chi connectivity index (χ4v) is 14.7. The van der Waals surface area contributed by atoms with E-state index >= 15 is 0 Å². The largest absolute Gasteiger partial charge is 0.452 e. The Morgan fingerprint density at radius 1 is 0.302 bits per heavy atom. The number of rotatable bonds is 7. The minimum Gasteiger partial charge on any atom is -0.452 e. The Morgan fingerprint density at radius 3 is 1.26 bits per heavy atom. The first-order chi connectivity index (χ1) is 53.2. The number of furan rings is 1. The van der Waals surface area contributed by atoms with Crippen LogP contribution in [-0.2, 0) is 16.2 Å². The number of para-hydroxylation sites is 6. The van der Waals surface area contributed by atoms with E-state index in [4.69, 9.17) is 15.4 Å². The molecule has 2 aliphatic rings. The number of nitrogens with zero attached hydrogens (tertiary/aromatic N) is 4. The Labute approximate surface area is 584 Å². The first-order valence-electron chi connectivity index (χ1n) is 40.6. The van der Waals surface area contributed by atoms with Gasteiger partial charge in [-0.15, -0.1) is 0 Å². The van der Waals surface area contributed by atoms with Gasteiger partial charge in [0.25, 0.3) is 6.71 Å². The predicted molar refractivity (Wildman–Crippen MR) is 409 cm³/mol. The van der Waals surface area contributed by atoms with Gasteiger partial charge in [0.15, 0.2) is 11.2 Å². The van der Waals surface area contributed by atoms with Crippen molar-refractivity contribution in [3.63, 3.8) is 0 Å². The minimum atomic E-state index is -0.583. The molecule has 0 aliphatic carbocycles. The minimum absolute atomic E-state index is 0.00975. The van der Waals surface area contributed by atoms with Gasteiger partial charge in [-0.05, 0) is 168 Å². The maximum Gasteiger partial charge on any atom is 0.252 e. The van der Waals surface area contributed by atoms with Crippen LogP contribution in [0.1, 0.15) is 101 Å². The number of aromatic nitrogens is 2. The van der Waals surface area contributed by atoms with Gasteiger partial charge in [0.05, 0.1) is 55.4 Å². The zero-order valence-corrected chi connectivity index (χ0v) is 54.6. The summed E-state index contributed by atoms with van der Waals surface area (Å²) in [6, 6.07) is 54.6. The molecule has 16 aromatic rings. The SMILES string of the molecule is [2H]c1c([2H])c([2H])c2c(c1[2H])c1c([2H])c([2H])c([2H])c([2H])c1n2-c1ccc2c(c1)N(c1cc(-c3ccccc3)cc(-c3ccccc3)c1)c1cc(C(C)(C)C)cc3c1B2c1ccc(-c2cc(C(C)(C)C)cc(C(C)(C)C)c2)cc1N3c1cccc2c1oc1c(-n3c4c([2H])c([2H])c([2H])c([2H])c4c4c([2H])c([2H])c([2H])c([2H])c43)cccc12. The number of fused-ring (bicyclic) bond motifs is 13. The maximum atomic E-state index is 9.71. The summed E-state index contributed by atoms with van der Waals surface area (Å²) in [7, 11) is 0. The van der Waals surface area contributed by atoms with E-state index in [-0.39, 0.29) is 65.7 Å². The summed E-state index contributed by atoms with van der Waals surface area (Å²) in [6.07, 6.45) is 0. The van der Waals surface area contributed by atoms with Crippen LogP contribution in [0.2, 0.25) is 0 Å². The lowest BCUT2D eigenvalue weighted by atomic mass is 9.33. The van der Waals surface area contributed by atoms with Gasteiger partial charge in [0.1, 0.15) is 0 Å². The molecule has 0 saturated heterocycles. The Balaban J connectivity index is 0.988. The number of hydrogen-bond acceptors (Lipinski definition) is 3. The molecule has 0 amide bonds. The van der Waals surface area contributed by atoms with Crippen LogP contribution in [0.25, 0.3) is 110 Å². The zero-order valence-electron chi connectivity index (χ0n) is 70.6. The second-order valence-corrected chi connectivity index (χ2v) is 28.6. The second kappa shape index (κ2) is 21.2. The topological polar surface area (TPSA) is 29.5 Å². The van der Waals surface area contributed by atoms with Crippen molar-refractivity contribution < 1.29 is 26.3 Å². The molecule has 5 heterocycles. The number of hydrogen-bond donors (Lipinski definition) is 0. The highest BCUT2D eigenvalue weighted by Crippen LogP contribution is 2.52. The molecule has 0 unspecified atom stereocenters. The lowest BCUT2D eigenvalue weighted by Gasteiger charge is -2.45. The van der Waals surface area contributed by atoms with Gasteiger partial charge in [0, 0.05) is 66.4 Å². The molecule has 0 atom stereocenters. The van der Waals surface area contributed by atoms with E-state index in [1.165, 1.54) is 4.57 Å². The lowest BCUT2D eigenvalue weighted by molar-refractivity contribution is 0.569. The third-order valence-electron chi connectivity index (χ3n) is 19.6. The van der Waals surface area contributed by atoms with E-state index in [1.54, 1.807) is 10.6 Å². The van der Waals surface area contributed by atoms with Gasteiger partial charge >= 0.3 is 0 Å². The maximum absolute atomic E-state index is 9.71. The van der Waals surface area contributed by atoms with Crippen molar-refractivity contribution in [2.75, 3.05) is 9.80 Å². The molecule has 0 radical (unpaired) electrons. The molecule has 0 bridgehead atoms. The summed E-state index contributed by atoms with van der Waals surface area (Å²) in [5.41, 5.74) is 16.2. The highest BCUT2D eigenvalue weighted by molar-refractivity contribution is 7.00. The zero-order chi connectivity index (χ0) is 79.0. The fraction of sp³-hybridized carbons (Fsp3) is 0.133. The summed E-state index contributed by atoms with van der Waals surface area (Å²) in [4.78, 5) is 4.57. The smallest absolute Gasteiger partial charge is 0.252 e. The van der Waals surface area contributed by atoms with E-state index in [0.717, 1.165) is 89.2 Å². The average Bonchev–Trinajstić information content (AvgIpc) is 1.07. The summed E-state index contributed by atoms with van der Waals surface area (Å²) in [5.74, 6) is 0. The van der Waals surface area contributed by atoms with Gasteiger partial charge in [-0.3, -0.25) is 0 Å². The normalized spacial score (nSPS) is 15.5. The van der Waals surface area contributed by atoms with E-state index in [9.17, 15) is 11.0 Å². The molecular formula is C90H73BN4O. The molecule has 0 fully saturated rings. The molecule has 18 rings (SSSR count). The average molecular weight is 1250 g/mol. The first kappa shape index (κ1) is 43.0. The lowest BCUT2D eigenvalue weighted by Crippen LogP contribution is -2.61. The highest BCUT2D eigenvalue weighted by atomic mass is 16.3. The van der Waals surface area contributed by atoms with Crippen LogP contribution in [0.4, 0.5) is 34.1 Å². The van der Waals surface area contributed by atoms with E-state index in [1.807, 2.05) is 84.9 Å². The van der Waals surface area contributed by atoms with Crippen molar-refractivity contribution in [1.82, 2.24) is 9.13 Å². The predicted octanol–water partition coefficient (Wildman–Crippen LogP) is 22.8. The van der Waals surface area contributed by atoms with Crippen LogP contribution in [0.5, 0.6) is 0 Å². The molecule has 5 nitrogen and oxygen atoms in total. The van der Waals surface area contributed by atoms with Crippen molar-refractivity contribution in [2.24, 2.45) is 0 Å². The van der Waals surface area contributed by atoms with Crippen LogP contribution in [0.15, 0.2) is 283 Å². The standard InChI is InChI=1S/C90H73BN4O/c1-88(2,3)62-47-61(48-63(52-62)89(4,5)6)58-42-44-73-81(51-58)95(80-41-25-35-72-71-34-24-40-79(86(71)96-87(72)80)94-77-38-22-18-32-69(77)70-33-19-23-39-78(70)94)84-54-64(90(7,8)9)53-83-85(84)91(73)74-45-43-65(92-75-36-20-16-30-67(75)68-31-17-21-37-76(68)92)55-82(74)93(83)66-49-59(56-26-12-10-13-27-56)46-60(50-66)57-28-14-11-15-29-57/h10-55H,1-9H3/i16D,17D,18D,19D,20D,21D,22D,23D,30D,31D,32D,33D,36D,37D,38D,39D. The molecule has 6 heteroatoms. The summed E-state index contributed by atoms with van der Waals surface area (Å²) in [5, 5.41) is 1.10. The monoisotopic (exact) mass is 1250 g/mol. The van der Waals surface area contributed by atoms with Gasteiger partial charge in [-0.1, -0.05) is 256 Å². The third-order valence-corrected chi connectivity index (χ3v) is 19.6. The van der Waals surface area contributed by atoms with Crippen molar-refractivity contribution in [3.8, 4) is 44.8 Å². The van der Waals surface area contributed by atoms with Gasteiger partial charge in [-0.25, -0.2) is 0 Å². The van der Waals surface area contributed by atoms with Crippen molar-refractivity contribution >= 4 is 123 Å². The molecule has 13 aromatic carbocycles.